The Labute approximate surface area is 160 Å². The van der Waals surface area contributed by atoms with Crippen molar-refractivity contribution < 1.29 is 23.1 Å². The van der Waals surface area contributed by atoms with Gasteiger partial charge in [-0.05, 0) is 43.4 Å². The number of rotatable bonds is 9. The lowest BCUT2D eigenvalue weighted by Crippen LogP contribution is -2.41. The van der Waals surface area contributed by atoms with Crippen molar-refractivity contribution in [2.24, 2.45) is 0 Å². The van der Waals surface area contributed by atoms with Crippen LogP contribution in [0.25, 0.3) is 0 Å². The van der Waals surface area contributed by atoms with Crippen LogP contribution in [-0.4, -0.2) is 48.8 Å². The molecule has 1 atom stereocenters. The predicted octanol–water partition coefficient (Wildman–Crippen LogP) is 1.94. The van der Waals surface area contributed by atoms with Crippen molar-refractivity contribution >= 4 is 21.9 Å². The van der Waals surface area contributed by atoms with Crippen LogP contribution in [0.4, 0.5) is 0 Å². The molecule has 1 unspecified atom stereocenters. The first-order valence-electron chi connectivity index (χ1n) is 9.06. The summed E-state index contributed by atoms with van der Waals surface area (Å²) in [5, 5.41) is 11.6. The Bertz CT molecular complexity index is 768. The van der Waals surface area contributed by atoms with Crippen LogP contribution >= 0.6 is 0 Å². The van der Waals surface area contributed by atoms with Crippen molar-refractivity contribution in [2.75, 3.05) is 13.1 Å². The molecule has 2 rings (SSSR count). The predicted molar refractivity (Wildman–Crippen MR) is 102 cm³/mol. The highest BCUT2D eigenvalue weighted by molar-refractivity contribution is 7.89. The minimum atomic E-state index is -3.50. The number of piperidine rings is 1. The molecular weight excluding hydrogens is 368 g/mol. The molecule has 1 amide bonds. The molecule has 0 bridgehead atoms. The number of carboxylic acid groups (broad SMARTS) is 1. The van der Waals surface area contributed by atoms with E-state index in [1.54, 1.807) is 18.2 Å². The molecule has 1 fully saturated rings. The maximum Gasteiger partial charge on any atom is 0.326 e. The number of nitrogens with one attached hydrogen (secondary N) is 1. The largest absolute Gasteiger partial charge is 0.480 e. The molecule has 148 valence electrons. The smallest absolute Gasteiger partial charge is 0.326 e. The van der Waals surface area contributed by atoms with Gasteiger partial charge >= 0.3 is 5.97 Å². The van der Waals surface area contributed by atoms with Crippen LogP contribution in [0.3, 0.4) is 0 Å². The summed E-state index contributed by atoms with van der Waals surface area (Å²) in [7, 11) is -3.50. The van der Waals surface area contributed by atoms with Crippen molar-refractivity contribution in [2.45, 2.75) is 49.5 Å². The normalized spacial score (nSPS) is 16.4. The lowest BCUT2D eigenvalue weighted by Gasteiger charge is -2.25. The first-order valence-corrected chi connectivity index (χ1v) is 10.5. The van der Waals surface area contributed by atoms with Gasteiger partial charge in [-0.1, -0.05) is 24.6 Å². The van der Waals surface area contributed by atoms with E-state index in [9.17, 15) is 18.0 Å². The van der Waals surface area contributed by atoms with Crippen LogP contribution < -0.4 is 5.32 Å². The van der Waals surface area contributed by atoms with Gasteiger partial charge in [0.1, 0.15) is 6.04 Å². The molecule has 0 spiro atoms. The van der Waals surface area contributed by atoms with Crippen molar-refractivity contribution in [3.63, 3.8) is 0 Å². The SMILES string of the molecule is C=CCCC(NC(=O)Cc1ccc(S(=O)(=O)N2CCCCC2)cc1)C(=O)O. The summed E-state index contributed by atoms with van der Waals surface area (Å²) in [6, 6.07) is 5.22. The number of sulfonamides is 1. The Morgan fingerprint density at radius 1 is 1.19 bits per heavy atom. The zero-order chi connectivity index (χ0) is 19.9. The highest BCUT2D eigenvalue weighted by Crippen LogP contribution is 2.21. The molecule has 0 aromatic heterocycles. The van der Waals surface area contributed by atoms with Crippen LogP contribution in [0, 0.1) is 0 Å². The van der Waals surface area contributed by atoms with E-state index in [1.807, 2.05) is 0 Å². The summed E-state index contributed by atoms with van der Waals surface area (Å²) in [6.07, 6.45) is 5.13. The zero-order valence-electron chi connectivity index (χ0n) is 15.3. The molecule has 1 aliphatic rings. The van der Waals surface area contributed by atoms with E-state index in [1.165, 1.54) is 16.4 Å². The molecule has 2 N–H and O–H groups in total. The summed E-state index contributed by atoms with van der Waals surface area (Å²) >= 11 is 0. The molecule has 1 aliphatic heterocycles. The maximum absolute atomic E-state index is 12.6. The van der Waals surface area contributed by atoms with Gasteiger partial charge < -0.3 is 10.4 Å². The van der Waals surface area contributed by atoms with Crippen LogP contribution in [0.5, 0.6) is 0 Å². The molecule has 0 aliphatic carbocycles. The van der Waals surface area contributed by atoms with Gasteiger partial charge in [-0.25, -0.2) is 13.2 Å². The number of hydrogen-bond acceptors (Lipinski definition) is 4. The fourth-order valence-corrected chi connectivity index (χ4v) is 4.52. The molecule has 27 heavy (non-hydrogen) atoms. The van der Waals surface area contributed by atoms with Crippen LogP contribution in [0.1, 0.15) is 37.7 Å². The monoisotopic (exact) mass is 394 g/mol. The molecule has 1 heterocycles. The Kier molecular flexibility index (Phi) is 7.55. The molecule has 0 saturated carbocycles. The summed E-state index contributed by atoms with van der Waals surface area (Å²) in [5.41, 5.74) is 0.623. The molecule has 1 aromatic rings. The summed E-state index contributed by atoms with van der Waals surface area (Å²) in [6.45, 7) is 4.61. The number of benzene rings is 1. The zero-order valence-corrected chi connectivity index (χ0v) is 16.1. The van der Waals surface area contributed by atoms with E-state index < -0.39 is 27.9 Å². The third-order valence-corrected chi connectivity index (χ3v) is 6.45. The number of amides is 1. The van der Waals surface area contributed by atoms with E-state index >= 15 is 0 Å². The molecule has 1 aromatic carbocycles. The third kappa shape index (κ3) is 5.90. The van der Waals surface area contributed by atoms with Gasteiger partial charge in [-0.3, -0.25) is 4.79 Å². The quantitative estimate of drug-likeness (QED) is 0.623. The highest BCUT2D eigenvalue weighted by Gasteiger charge is 2.26. The molecule has 7 nitrogen and oxygen atoms in total. The van der Waals surface area contributed by atoms with E-state index in [4.69, 9.17) is 5.11 Å². The maximum atomic E-state index is 12.6. The second kappa shape index (κ2) is 9.66. The number of carboxylic acids is 1. The van der Waals surface area contributed by atoms with Crippen molar-refractivity contribution in [1.82, 2.24) is 9.62 Å². The van der Waals surface area contributed by atoms with E-state index in [0.29, 0.717) is 25.1 Å². The average molecular weight is 394 g/mol. The number of carbonyl (C=O) groups is 2. The second-order valence-electron chi connectivity index (χ2n) is 6.61. The number of carbonyl (C=O) groups excluding carboxylic acids is 1. The lowest BCUT2D eigenvalue weighted by atomic mass is 10.1. The Balaban J connectivity index is 1.99. The van der Waals surface area contributed by atoms with E-state index in [0.717, 1.165) is 19.3 Å². The van der Waals surface area contributed by atoms with Gasteiger partial charge in [0.05, 0.1) is 11.3 Å². The number of nitrogens with zero attached hydrogens (tertiary/aromatic N) is 1. The highest BCUT2D eigenvalue weighted by atomic mass is 32.2. The van der Waals surface area contributed by atoms with Crippen LogP contribution in [-0.2, 0) is 26.0 Å². The third-order valence-electron chi connectivity index (χ3n) is 4.53. The summed E-state index contributed by atoms with van der Waals surface area (Å²) < 4.78 is 26.7. The van der Waals surface area contributed by atoms with Crippen LogP contribution in [0.15, 0.2) is 41.8 Å². The molecule has 1 saturated heterocycles. The molecular formula is C19H26N2O5S. The minimum Gasteiger partial charge on any atom is -0.480 e. The van der Waals surface area contributed by atoms with E-state index in [2.05, 4.69) is 11.9 Å². The van der Waals surface area contributed by atoms with Crippen molar-refractivity contribution in [3.8, 4) is 0 Å². The first-order chi connectivity index (χ1) is 12.8. The van der Waals surface area contributed by atoms with Crippen molar-refractivity contribution in [3.05, 3.63) is 42.5 Å². The first kappa shape index (κ1) is 21.1. The van der Waals surface area contributed by atoms with E-state index in [-0.39, 0.29) is 17.7 Å². The summed E-state index contributed by atoms with van der Waals surface area (Å²) in [4.78, 5) is 23.5. The standard InChI is InChI=1S/C19H26N2O5S/c1-2-3-7-17(19(23)24)20-18(22)14-15-8-10-16(11-9-15)27(25,26)21-12-5-4-6-13-21/h2,8-11,17H,1,3-7,12-14H2,(H,20,22)(H,23,24). The van der Waals surface area contributed by atoms with Gasteiger partial charge in [-0.2, -0.15) is 4.31 Å². The topological polar surface area (TPSA) is 104 Å². The number of allylic oxidation sites excluding steroid dienone is 1. The molecule has 8 heteroatoms. The van der Waals surface area contributed by atoms with Crippen molar-refractivity contribution in [1.29, 1.82) is 0 Å². The average Bonchev–Trinajstić information content (AvgIpc) is 2.66. The van der Waals surface area contributed by atoms with Crippen LogP contribution in [0.2, 0.25) is 0 Å². The summed E-state index contributed by atoms with van der Waals surface area (Å²) in [5.74, 6) is -1.51. The Morgan fingerprint density at radius 2 is 1.81 bits per heavy atom. The van der Waals surface area contributed by atoms with Gasteiger partial charge in [0.25, 0.3) is 0 Å². The fourth-order valence-electron chi connectivity index (χ4n) is 3.01. The lowest BCUT2D eigenvalue weighted by molar-refractivity contribution is -0.141. The van der Waals surface area contributed by atoms with Gasteiger partial charge in [0, 0.05) is 13.1 Å². The van der Waals surface area contributed by atoms with Gasteiger partial charge in [0.15, 0.2) is 0 Å². The second-order valence-corrected chi connectivity index (χ2v) is 8.55. The molecule has 0 radical (unpaired) electrons. The Morgan fingerprint density at radius 3 is 2.37 bits per heavy atom. The number of hydrogen-bond donors (Lipinski definition) is 2. The fraction of sp³-hybridized carbons (Fsp3) is 0.474. The van der Waals surface area contributed by atoms with Gasteiger partial charge in [0.2, 0.25) is 15.9 Å². The number of aliphatic carboxylic acids is 1. The minimum absolute atomic E-state index is 0.0120. The van der Waals surface area contributed by atoms with Gasteiger partial charge in [-0.15, -0.1) is 6.58 Å². The Hall–Kier alpha value is -2.19.